The van der Waals surface area contributed by atoms with Crippen molar-refractivity contribution in [2.24, 2.45) is 0 Å². The molecule has 0 aliphatic carbocycles. The Hall–Kier alpha value is -2.80. The van der Waals surface area contributed by atoms with Crippen molar-refractivity contribution in [1.29, 1.82) is 0 Å². The van der Waals surface area contributed by atoms with E-state index in [1.807, 2.05) is 0 Å². The molecule has 4 N–H and O–H groups in total. The first-order valence-corrected chi connectivity index (χ1v) is 12.0. The fraction of sp³-hybridized carbons (Fsp3) is 0.263. The summed E-state index contributed by atoms with van der Waals surface area (Å²) >= 11 is 0. The first kappa shape index (κ1) is 24.5. The molecule has 2 aromatic rings. The lowest BCUT2D eigenvalue weighted by Crippen LogP contribution is -2.33. The lowest BCUT2D eigenvalue weighted by atomic mass is 10.1. The SMILES string of the molecule is O=C(CC(=O)NCCc1ccc(S(=O)(=O)O)cc1)NCCc1ccc(S(=O)(=O)O)cc1. The third-order valence-corrected chi connectivity index (χ3v) is 5.97. The first-order valence-electron chi connectivity index (χ1n) is 9.11. The maximum absolute atomic E-state index is 11.8. The highest BCUT2D eigenvalue weighted by atomic mass is 32.2. The minimum absolute atomic E-state index is 0.216. The van der Waals surface area contributed by atoms with Crippen molar-refractivity contribution < 1.29 is 35.5 Å². The molecule has 0 spiro atoms. The Morgan fingerprint density at radius 2 is 0.968 bits per heavy atom. The second kappa shape index (κ2) is 10.5. The van der Waals surface area contributed by atoms with Gasteiger partial charge in [0.1, 0.15) is 6.42 Å². The Morgan fingerprint density at radius 3 is 1.26 bits per heavy atom. The summed E-state index contributed by atoms with van der Waals surface area (Å²) in [6.45, 7) is 0.495. The fourth-order valence-electron chi connectivity index (χ4n) is 2.62. The van der Waals surface area contributed by atoms with E-state index in [0.717, 1.165) is 11.1 Å². The van der Waals surface area contributed by atoms with Crippen LogP contribution < -0.4 is 10.6 Å². The van der Waals surface area contributed by atoms with Crippen LogP contribution in [0.25, 0.3) is 0 Å². The van der Waals surface area contributed by atoms with Crippen molar-refractivity contribution in [3.63, 3.8) is 0 Å². The van der Waals surface area contributed by atoms with Crippen LogP contribution in [0.2, 0.25) is 0 Å². The van der Waals surface area contributed by atoms with Crippen molar-refractivity contribution in [2.45, 2.75) is 29.1 Å². The Morgan fingerprint density at radius 1 is 0.645 bits per heavy atom. The van der Waals surface area contributed by atoms with Gasteiger partial charge in [0, 0.05) is 13.1 Å². The average molecular weight is 471 g/mol. The highest BCUT2D eigenvalue weighted by Crippen LogP contribution is 2.11. The van der Waals surface area contributed by atoms with Crippen LogP contribution in [-0.2, 0) is 42.7 Å². The molecular weight excluding hydrogens is 448 g/mol. The van der Waals surface area contributed by atoms with E-state index in [4.69, 9.17) is 9.11 Å². The second-order valence-corrected chi connectivity index (χ2v) is 9.46. The van der Waals surface area contributed by atoms with E-state index in [0.29, 0.717) is 12.8 Å². The summed E-state index contributed by atoms with van der Waals surface area (Å²) in [6.07, 6.45) is 0.473. The Bertz CT molecular complexity index is 1030. The van der Waals surface area contributed by atoms with E-state index >= 15 is 0 Å². The molecule has 0 heterocycles. The third-order valence-electron chi connectivity index (χ3n) is 4.24. The highest BCUT2D eigenvalue weighted by Gasteiger charge is 2.11. The van der Waals surface area contributed by atoms with Crippen LogP contribution in [0.4, 0.5) is 0 Å². The van der Waals surface area contributed by atoms with Crippen LogP contribution in [0.15, 0.2) is 58.3 Å². The molecule has 2 aromatic carbocycles. The molecule has 0 radical (unpaired) electrons. The van der Waals surface area contributed by atoms with Gasteiger partial charge in [-0.3, -0.25) is 18.7 Å². The van der Waals surface area contributed by atoms with Crippen molar-refractivity contribution in [2.75, 3.05) is 13.1 Å². The largest absolute Gasteiger partial charge is 0.355 e. The summed E-state index contributed by atoms with van der Waals surface area (Å²) in [5, 5.41) is 5.17. The minimum Gasteiger partial charge on any atom is -0.355 e. The zero-order chi connectivity index (χ0) is 23.1. The van der Waals surface area contributed by atoms with Crippen LogP contribution in [0.1, 0.15) is 17.5 Å². The summed E-state index contributed by atoms with van der Waals surface area (Å²) in [5.74, 6) is -0.936. The minimum atomic E-state index is -4.25. The smallest absolute Gasteiger partial charge is 0.294 e. The molecule has 0 saturated heterocycles. The molecule has 168 valence electrons. The van der Waals surface area contributed by atoms with Crippen LogP contribution in [0.5, 0.6) is 0 Å². The molecule has 0 bridgehead atoms. The molecule has 0 aliphatic rings. The molecule has 31 heavy (non-hydrogen) atoms. The van der Waals surface area contributed by atoms with Crippen molar-refractivity contribution >= 4 is 32.1 Å². The number of hydrogen-bond acceptors (Lipinski definition) is 6. The van der Waals surface area contributed by atoms with Crippen LogP contribution in [0.3, 0.4) is 0 Å². The second-order valence-electron chi connectivity index (χ2n) is 6.61. The summed E-state index contributed by atoms with van der Waals surface area (Å²) in [7, 11) is -8.50. The topological polar surface area (TPSA) is 167 Å². The molecule has 0 aromatic heterocycles. The van der Waals surface area contributed by atoms with E-state index in [1.165, 1.54) is 48.5 Å². The fourth-order valence-corrected chi connectivity index (χ4v) is 3.58. The van der Waals surface area contributed by atoms with Gasteiger partial charge in [-0.25, -0.2) is 0 Å². The average Bonchev–Trinajstić information content (AvgIpc) is 2.67. The molecular formula is C19H22N2O8S2. The molecule has 2 amide bonds. The number of nitrogens with one attached hydrogen (secondary N) is 2. The first-order chi connectivity index (χ1) is 14.4. The zero-order valence-corrected chi connectivity index (χ0v) is 17.9. The van der Waals surface area contributed by atoms with E-state index in [9.17, 15) is 26.4 Å². The van der Waals surface area contributed by atoms with Crippen molar-refractivity contribution in [3.8, 4) is 0 Å². The van der Waals surface area contributed by atoms with Gasteiger partial charge in [0.2, 0.25) is 11.8 Å². The highest BCUT2D eigenvalue weighted by molar-refractivity contribution is 7.86. The summed E-state index contributed by atoms with van der Waals surface area (Å²) in [6, 6.07) is 11.1. The van der Waals surface area contributed by atoms with Gasteiger partial charge in [0.15, 0.2) is 0 Å². The van der Waals surface area contributed by atoms with Gasteiger partial charge < -0.3 is 10.6 Å². The Labute approximate surface area is 180 Å². The van der Waals surface area contributed by atoms with Crippen molar-refractivity contribution in [3.05, 3.63) is 59.7 Å². The predicted octanol–water partition coefficient (Wildman–Crippen LogP) is 0.588. The maximum atomic E-state index is 11.8. The number of amides is 2. The summed E-state index contributed by atoms with van der Waals surface area (Å²) < 4.78 is 61.8. The monoisotopic (exact) mass is 470 g/mol. The predicted molar refractivity (Wildman–Crippen MR) is 111 cm³/mol. The zero-order valence-electron chi connectivity index (χ0n) is 16.3. The quantitative estimate of drug-likeness (QED) is 0.289. The van der Waals surface area contributed by atoms with Gasteiger partial charge in [-0.2, -0.15) is 16.8 Å². The van der Waals surface area contributed by atoms with Crippen LogP contribution in [0, 0.1) is 0 Å². The lowest BCUT2D eigenvalue weighted by molar-refractivity contribution is -0.129. The Balaban J connectivity index is 1.67. The van der Waals surface area contributed by atoms with E-state index < -0.39 is 32.1 Å². The molecule has 0 aliphatic heterocycles. The van der Waals surface area contributed by atoms with Gasteiger partial charge in [0.05, 0.1) is 9.79 Å². The number of carbonyl (C=O) groups is 2. The van der Waals surface area contributed by atoms with E-state index in [2.05, 4.69) is 10.6 Å². The molecule has 2 rings (SSSR count). The number of rotatable bonds is 10. The van der Waals surface area contributed by atoms with Crippen molar-refractivity contribution in [1.82, 2.24) is 10.6 Å². The normalized spacial score (nSPS) is 11.7. The van der Waals surface area contributed by atoms with E-state index in [-0.39, 0.29) is 29.3 Å². The number of benzene rings is 2. The third kappa shape index (κ3) is 8.45. The van der Waals surface area contributed by atoms with Gasteiger partial charge in [-0.1, -0.05) is 24.3 Å². The summed E-state index contributed by atoms with van der Waals surface area (Å²) in [5.41, 5.74) is 1.49. The van der Waals surface area contributed by atoms with Gasteiger partial charge >= 0.3 is 0 Å². The summed E-state index contributed by atoms with van der Waals surface area (Å²) in [4.78, 5) is 23.2. The molecule has 0 unspecified atom stereocenters. The number of hydrogen-bond donors (Lipinski definition) is 4. The lowest BCUT2D eigenvalue weighted by Gasteiger charge is -2.07. The maximum Gasteiger partial charge on any atom is 0.294 e. The van der Waals surface area contributed by atoms with Gasteiger partial charge in [0.25, 0.3) is 20.2 Å². The number of carbonyl (C=O) groups excluding carboxylic acids is 2. The molecule has 0 atom stereocenters. The van der Waals surface area contributed by atoms with Gasteiger partial charge in [-0.15, -0.1) is 0 Å². The van der Waals surface area contributed by atoms with E-state index in [1.54, 1.807) is 0 Å². The Kier molecular flexibility index (Phi) is 8.28. The van der Waals surface area contributed by atoms with Crippen LogP contribution >= 0.6 is 0 Å². The standard InChI is InChI=1S/C19H22N2O8S2/c22-18(20-11-9-14-1-5-16(6-2-14)30(24,25)26)13-19(23)21-12-10-15-3-7-17(8-4-15)31(27,28)29/h1-8H,9-13H2,(H,20,22)(H,21,23)(H,24,25,26)(H,27,28,29). The van der Waals surface area contributed by atoms with Crippen LogP contribution in [-0.4, -0.2) is 50.8 Å². The molecule has 0 saturated carbocycles. The van der Waals surface area contributed by atoms with Gasteiger partial charge in [-0.05, 0) is 48.2 Å². The molecule has 12 heteroatoms. The molecule has 0 fully saturated rings. The molecule has 10 nitrogen and oxygen atoms in total.